The van der Waals surface area contributed by atoms with E-state index in [2.05, 4.69) is 6.58 Å². The topological polar surface area (TPSA) is 54.0 Å². The molecular weight excluding hydrogens is 332 g/mol. The van der Waals surface area contributed by atoms with E-state index in [4.69, 9.17) is 18.9 Å². The van der Waals surface area contributed by atoms with Crippen LogP contribution in [0.5, 0.6) is 23.0 Å². The van der Waals surface area contributed by atoms with Gasteiger partial charge >= 0.3 is 0 Å². The van der Waals surface area contributed by atoms with Crippen LogP contribution in [-0.2, 0) is 0 Å². The molecule has 0 aliphatic carbocycles. The maximum Gasteiger partial charge on any atom is 0.203 e. The summed E-state index contributed by atoms with van der Waals surface area (Å²) in [6, 6.07) is 10.7. The SMILES string of the molecule is C=CCOc1ccc(C=CC(=O)c2cc(OC)c(OC)c(OC)c2)cc1. The monoisotopic (exact) mass is 354 g/mol. The largest absolute Gasteiger partial charge is 0.493 e. The Morgan fingerprint density at radius 2 is 1.62 bits per heavy atom. The highest BCUT2D eigenvalue weighted by molar-refractivity contribution is 6.07. The maximum absolute atomic E-state index is 12.5. The average molecular weight is 354 g/mol. The van der Waals surface area contributed by atoms with Crippen LogP contribution in [-0.4, -0.2) is 33.7 Å². The maximum atomic E-state index is 12.5. The van der Waals surface area contributed by atoms with Crippen LogP contribution in [0.2, 0.25) is 0 Å². The van der Waals surface area contributed by atoms with Crippen molar-refractivity contribution < 1.29 is 23.7 Å². The smallest absolute Gasteiger partial charge is 0.203 e. The molecule has 136 valence electrons. The fourth-order valence-electron chi connectivity index (χ4n) is 2.32. The summed E-state index contributed by atoms with van der Waals surface area (Å²) >= 11 is 0. The van der Waals surface area contributed by atoms with Crippen LogP contribution in [0, 0.1) is 0 Å². The third-order valence-corrected chi connectivity index (χ3v) is 3.62. The van der Waals surface area contributed by atoms with Crippen molar-refractivity contribution in [1.29, 1.82) is 0 Å². The van der Waals surface area contributed by atoms with Crippen molar-refractivity contribution in [2.45, 2.75) is 0 Å². The second-order valence-electron chi connectivity index (χ2n) is 5.28. The highest BCUT2D eigenvalue weighted by atomic mass is 16.5. The normalized spacial score (nSPS) is 10.4. The summed E-state index contributed by atoms with van der Waals surface area (Å²) in [5.41, 5.74) is 1.33. The highest BCUT2D eigenvalue weighted by Crippen LogP contribution is 2.38. The molecule has 0 aliphatic heterocycles. The molecule has 0 heterocycles. The molecule has 0 spiro atoms. The Balaban J connectivity index is 2.18. The fraction of sp³-hybridized carbons (Fsp3) is 0.190. The molecule has 0 atom stereocenters. The number of hydrogen-bond donors (Lipinski definition) is 0. The third-order valence-electron chi connectivity index (χ3n) is 3.62. The van der Waals surface area contributed by atoms with Crippen LogP contribution in [0.15, 0.2) is 55.1 Å². The van der Waals surface area contributed by atoms with Crippen LogP contribution >= 0.6 is 0 Å². The summed E-state index contributed by atoms with van der Waals surface area (Å²) < 4.78 is 21.2. The van der Waals surface area contributed by atoms with E-state index in [0.717, 1.165) is 11.3 Å². The number of methoxy groups -OCH3 is 3. The van der Waals surface area contributed by atoms with Crippen molar-refractivity contribution in [2.75, 3.05) is 27.9 Å². The van der Waals surface area contributed by atoms with Crippen molar-refractivity contribution >= 4 is 11.9 Å². The molecule has 2 aromatic rings. The van der Waals surface area contributed by atoms with Gasteiger partial charge in [0, 0.05) is 5.56 Å². The van der Waals surface area contributed by atoms with Gasteiger partial charge in [0.2, 0.25) is 5.75 Å². The molecule has 0 aliphatic rings. The Morgan fingerprint density at radius 3 is 2.12 bits per heavy atom. The number of allylic oxidation sites excluding steroid dienone is 1. The van der Waals surface area contributed by atoms with Crippen LogP contribution < -0.4 is 18.9 Å². The summed E-state index contributed by atoms with van der Waals surface area (Å²) in [6.45, 7) is 4.06. The second-order valence-corrected chi connectivity index (χ2v) is 5.28. The highest BCUT2D eigenvalue weighted by Gasteiger charge is 2.15. The van der Waals surface area contributed by atoms with E-state index in [1.807, 2.05) is 24.3 Å². The zero-order chi connectivity index (χ0) is 18.9. The first-order valence-electron chi connectivity index (χ1n) is 7.99. The lowest BCUT2D eigenvalue weighted by atomic mass is 10.1. The van der Waals surface area contributed by atoms with Gasteiger partial charge in [0.05, 0.1) is 21.3 Å². The van der Waals surface area contributed by atoms with Crippen molar-refractivity contribution in [3.8, 4) is 23.0 Å². The average Bonchev–Trinajstić information content (AvgIpc) is 2.69. The molecule has 0 N–H and O–H groups in total. The van der Waals surface area contributed by atoms with Crippen LogP contribution in [0.3, 0.4) is 0 Å². The van der Waals surface area contributed by atoms with Crippen LogP contribution in [0.4, 0.5) is 0 Å². The number of rotatable bonds is 9. The first-order valence-corrected chi connectivity index (χ1v) is 7.99. The van der Waals surface area contributed by atoms with E-state index in [1.165, 1.54) is 27.4 Å². The van der Waals surface area contributed by atoms with Crippen LogP contribution in [0.25, 0.3) is 6.08 Å². The minimum Gasteiger partial charge on any atom is -0.493 e. The quantitative estimate of drug-likeness (QED) is 0.384. The van der Waals surface area contributed by atoms with Gasteiger partial charge < -0.3 is 18.9 Å². The number of ketones is 1. The van der Waals surface area contributed by atoms with Crippen molar-refractivity contribution in [3.63, 3.8) is 0 Å². The summed E-state index contributed by atoms with van der Waals surface area (Å²) in [5, 5.41) is 0. The molecule has 0 unspecified atom stereocenters. The molecule has 0 saturated carbocycles. The Morgan fingerprint density at radius 1 is 1.00 bits per heavy atom. The Bertz CT molecular complexity index is 766. The summed E-state index contributed by atoms with van der Waals surface area (Å²) in [7, 11) is 4.54. The molecular formula is C21H22O5. The minimum atomic E-state index is -0.170. The van der Waals surface area contributed by atoms with Crippen molar-refractivity contribution in [2.24, 2.45) is 0 Å². The predicted molar refractivity (Wildman–Crippen MR) is 102 cm³/mol. The molecule has 2 aromatic carbocycles. The van der Waals surface area contributed by atoms with Crippen LogP contribution in [0.1, 0.15) is 15.9 Å². The van der Waals surface area contributed by atoms with Crippen molar-refractivity contribution in [3.05, 3.63) is 66.3 Å². The molecule has 26 heavy (non-hydrogen) atoms. The summed E-state index contributed by atoms with van der Waals surface area (Å²) in [4.78, 5) is 12.5. The fourth-order valence-corrected chi connectivity index (χ4v) is 2.32. The molecule has 5 nitrogen and oxygen atoms in total. The van der Waals surface area contributed by atoms with Gasteiger partial charge in [-0.25, -0.2) is 0 Å². The van der Waals surface area contributed by atoms with Crippen molar-refractivity contribution in [1.82, 2.24) is 0 Å². The van der Waals surface area contributed by atoms with E-state index in [-0.39, 0.29) is 5.78 Å². The summed E-state index contributed by atoms with van der Waals surface area (Å²) in [5.74, 6) is 1.90. The first kappa shape index (κ1) is 19.1. The lowest BCUT2D eigenvalue weighted by Crippen LogP contribution is -2.00. The van der Waals surface area contributed by atoms with Gasteiger partial charge in [0.25, 0.3) is 0 Å². The van der Waals surface area contributed by atoms with Gasteiger partial charge in [-0.2, -0.15) is 0 Å². The zero-order valence-corrected chi connectivity index (χ0v) is 15.2. The van der Waals surface area contributed by atoms with E-state index >= 15 is 0 Å². The third kappa shape index (κ3) is 4.66. The van der Waals surface area contributed by atoms with Gasteiger partial charge in [0.1, 0.15) is 12.4 Å². The number of carbonyl (C=O) groups is 1. The molecule has 0 radical (unpaired) electrons. The molecule has 0 saturated heterocycles. The van der Waals surface area contributed by atoms with Gasteiger partial charge in [-0.1, -0.05) is 30.9 Å². The molecule has 0 aromatic heterocycles. The van der Waals surface area contributed by atoms with Gasteiger partial charge in [-0.05, 0) is 35.9 Å². The molecule has 2 rings (SSSR count). The molecule has 0 fully saturated rings. The van der Waals surface area contributed by atoms with E-state index in [9.17, 15) is 4.79 Å². The lowest BCUT2D eigenvalue weighted by Gasteiger charge is -2.13. The Kier molecular flexibility index (Phi) is 6.85. The number of ether oxygens (including phenoxy) is 4. The Labute approximate surface area is 153 Å². The van der Waals surface area contributed by atoms with E-state index < -0.39 is 0 Å². The van der Waals surface area contributed by atoms with Gasteiger partial charge in [-0.15, -0.1) is 0 Å². The molecule has 5 heteroatoms. The standard InChI is InChI=1S/C21H22O5/c1-5-12-26-17-9-6-15(7-10-17)8-11-18(22)16-13-19(23-2)21(25-4)20(14-16)24-3/h5-11,13-14H,1,12H2,2-4H3. The number of benzene rings is 2. The minimum absolute atomic E-state index is 0.170. The number of carbonyl (C=O) groups excluding carboxylic acids is 1. The first-order chi connectivity index (χ1) is 12.6. The van der Waals surface area contributed by atoms with E-state index in [1.54, 1.807) is 24.3 Å². The molecule has 0 amide bonds. The van der Waals surface area contributed by atoms with Gasteiger partial charge in [-0.3, -0.25) is 4.79 Å². The molecule has 0 bridgehead atoms. The second kappa shape index (κ2) is 9.32. The summed E-state index contributed by atoms with van der Waals surface area (Å²) in [6.07, 6.45) is 4.92. The van der Waals surface area contributed by atoms with Gasteiger partial charge in [0.15, 0.2) is 17.3 Å². The Hall–Kier alpha value is -3.21. The predicted octanol–water partition coefficient (Wildman–Crippen LogP) is 4.17. The van der Waals surface area contributed by atoms with E-state index in [0.29, 0.717) is 29.4 Å². The number of hydrogen-bond acceptors (Lipinski definition) is 5. The lowest BCUT2D eigenvalue weighted by molar-refractivity contribution is 0.104. The zero-order valence-electron chi connectivity index (χ0n) is 15.2.